The minimum absolute atomic E-state index is 0.000671. The summed E-state index contributed by atoms with van der Waals surface area (Å²) in [6.45, 7) is 1.26. The third-order valence-corrected chi connectivity index (χ3v) is 8.48. The van der Waals surface area contributed by atoms with Crippen molar-refractivity contribution < 1.29 is 26.4 Å². The number of rotatable bonds is 7. The number of sulfonamides is 1. The van der Waals surface area contributed by atoms with E-state index < -0.39 is 22.6 Å². The molecule has 0 spiro atoms. The molecular formula is C23H22ClF3N6O3S2. The van der Waals surface area contributed by atoms with Gasteiger partial charge in [-0.3, -0.25) is 9.10 Å². The number of anilines is 2. The third kappa shape index (κ3) is 6.46. The molecule has 0 radical (unpaired) electrons. The van der Waals surface area contributed by atoms with Crippen LogP contribution in [0.5, 0.6) is 0 Å². The Morgan fingerprint density at radius 3 is 2.53 bits per heavy atom. The lowest BCUT2D eigenvalue weighted by atomic mass is 10.1. The Labute approximate surface area is 226 Å². The lowest BCUT2D eigenvalue weighted by Crippen LogP contribution is -2.49. The molecule has 38 heavy (non-hydrogen) atoms. The lowest BCUT2D eigenvalue weighted by Gasteiger charge is -2.35. The average Bonchev–Trinajstić information content (AvgIpc) is 3.24. The number of amides is 1. The largest absolute Gasteiger partial charge is 0.393 e. The zero-order valence-electron chi connectivity index (χ0n) is 20.1. The molecule has 0 unspecified atom stereocenters. The van der Waals surface area contributed by atoms with E-state index in [4.69, 9.17) is 16.9 Å². The summed E-state index contributed by atoms with van der Waals surface area (Å²) in [5, 5.41) is 9.71. The summed E-state index contributed by atoms with van der Waals surface area (Å²) in [4.78, 5) is 25.6. The second-order valence-corrected chi connectivity index (χ2v) is 12.1. The van der Waals surface area contributed by atoms with Crippen LogP contribution in [0, 0.1) is 11.3 Å². The first-order valence-electron chi connectivity index (χ1n) is 11.3. The van der Waals surface area contributed by atoms with Gasteiger partial charge in [0.1, 0.15) is 23.5 Å². The van der Waals surface area contributed by atoms with Crippen LogP contribution >= 0.6 is 22.9 Å². The van der Waals surface area contributed by atoms with Crippen LogP contribution in [-0.4, -0.2) is 74.3 Å². The predicted molar refractivity (Wildman–Crippen MR) is 139 cm³/mol. The number of carbonyl (C=O) groups is 1. The highest BCUT2D eigenvalue weighted by molar-refractivity contribution is 7.92. The topological polar surface area (TPSA) is 110 Å². The molecule has 1 aliphatic heterocycles. The zero-order chi connectivity index (χ0) is 27.7. The van der Waals surface area contributed by atoms with Crippen LogP contribution < -0.4 is 9.21 Å². The number of fused-ring (bicyclic) bond motifs is 1. The summed E-state index contributed by atoms with van der Waals surface area (Å²) in [6.07, 6.45) is -3.02. The van der Waals surface area contributed by atoms with E-state index in [1.54, 1.807) is 17.0 Å². The maximum absolute atomic E-state index is 13.0. The van der Waals surface area contributed by atoms with E-state index in [2.05, 4.69) is 9.97 Å². The number of hydrogen-bond acceptors (Lipinski definition) is 8. The van der Waals surface area contributed by atoms with Crippen molar-refractivity contribution in [1.82, 2.24) is 14.9 Å². The van der Waals surface area contributed by atoms with Gasteiger partial charge in [0.25, 0.3) is 0 Å². The number of nitrogens with zero attached hydrogens (tertiary/aromatic N) is 6. The van der Waals surface area contributed by atoms with Crippen LogP contribution in [0.1, 0.15) is 10.4 Å². The molecule has 1 aliphatic rings. The van der Waals surface area contributed by atoms with Crippen LogP contribution in [-0.2, 0) is 27.7 Å². The van der Waals surface area contributed by atoms with Crippen molar-refractivity contribution in [2.24, 2.45) is 0 Å². The first-order valence-corrected chi connectivity index (χ1v) is 14.4. The van der Waals surface area contributed by atoms with Crippen molar-refractivity contribution in [2.75, 3.05) is 48.2 Å². The molecule has 2 aromatic heterocycles. The Hall–Kier alpha value is -3.15. The fraction of sp³-hybridized carbons (Fsp3) is 0.391. The highest BCUT2D eigenvalue weighted by Gasteiger charge is 2.30. The van der Waals surface area contributed by atoms with Gasteiger partial charge in [-0.2, -0.15) is 18.4 Å². The summed E-state index contributed by atoms with van der Waals surface area (Å²) in [6, 6.07) is 7.76. The second-order valence-electron chi connectivity index (χ2n) is 8.67. The Morgan fingerprint density at radius 1 is 1.21 bits per heavy atom. The molecule has 1 fully saturated rings. The number of alkyl halides is 3. The number of thiophene rings is 1. The van der Waals surface area contributed by atoms with E-state index in [0.29, 0.717) is 47.8 Å². The molecule has 202 valence electrons. The van der Waals surface area contributed by atoms with Gasteiger partial charge in [0.05, 0.1) is 36.2 Å². The van der Waals surface area contributed by atoms with Gasteiger partial charge in [0.2, 0.25) is 15.9 Å². The van der Waals surface area contributed by atoms with Crippen LogP contribution in [0.15, 0.2) is 30.6 Å². The number of halogens is 4. The molecule has 1 saturated heterocycles. The van der Waals surface area contributed by atoms with Crippen LogP contribution in [0.3, 0.4) is 0 Å². The van der Waals surface area contributed by atoms with Crippen LogP contribution in [0.25, 0.3) is 10.2 Å². The summed E-state index contributed by atoms with van der Waals surface area (Å²) >= 11 is 7.33. The normalized spacial score (nSPS) is 14.5. The molecular weight excluding hydrogens is 565 g/mol. The van der Waals surface area contributed by atoms with E-state index in [9.17, 15) is 26.4 Å². The summed E-state index contributed by atoms with van der Waals surface area (Å²) < 4.78 is 63.4. The first-order chi connectivity index (χ1) is 17.9. The monoisotopic (exact) mass is 586 g/mol. The maximum atomic E-state index is 13.0. The molecule has 0 N–H and O–H groups in total. The number of aromatic nitrogens is 2. The minimum Gasteiger partial charge on any atom is -0.352 e. The number of nitriles is 1. The molecule has 1 amide bonds. The van der Waals surface area contributed by atoms with Crippen molar-refractivity contribution in [3.63, 3.8) is 0 Å². The molecule has 0 bridgehead atoms. The van der Waals surface area contributed by atoms with E-state index in [0.717, 1.165) is 21.9 Å². The van der Waals surface area contributed by atoms with Gasteiger partial charge in [-0.25, -0.2) is 18.4 Å². The highest BCUT2D eigenvalue weighted by Crippen LogP contribution is 2.34. The number of benzene rings is 1. The summed E-state index contributed by atoms with van der Waals surface area (Å²) in [5.41, 5.74) is 0.744. The second kappa shape index (κ2) is 10.9. The molecule has 9 nitrogen and oxygen atoms in total. The molecule has 3 aromatic rings. The third-order valence-electron chi connectivity index (χ3n) is 5.95. The smallest absolute Gasteiger partial charge is 0.352 e. The Bertz CT molecular complexity index is 1500. The van der Waals surface area contributed by atoms with E-state index in [-0.39, 0.29) is 34.5 Å². The predicted octanol–water partition coefficient (Wildman–Crippen LogP) is 3.63. The standard InChI is InChI=1S/C23H22ClF3N6O3S2/c1-38(35,36)33(5-4-28)16-3-2-15(19(24)11-16)10-20(34)31-6-8-32(9-7-31)21-18-12-17(13-23(25,26)27)37-22(18)30-14-29-21/h2-3,11-12,14H,5-10,13H2,1H3. The first kappa shape index (κ1) is 27.9. The quantitative estimate of drug-likeness (QED) is 0.389. The number of piperazine rings is 1. The van der Waals surface area contributed by atoms with Crippen LogP contribution in [0.2, 0.25) is 5.02 Å². The summed E-state index contributed by atoms with van der Waals surface area (Å²) in [7, 11) is -3.68. The van der Waals surface area contributed by atoms with E-state index in [1.165, 1.54) is 24.5 Å². The fourth-order valence-corrected chi connectivity index (χ4v) is 6.22. The molecule has 1 aromatic carbocycles. The SMILES string of the molecule is CS(=O)(=O)N(CC#N)c1ccc(CC(=O)N2CCN(c3ncnc4sc(CC(F)(F)F)cc34)CC2)c(Cl)c1. The Morgan fingerprint density at radius 2 is 1.92 bits per heavy atom. The molecule has 3 heterocycles. The fourth-order valence-electron chi connectivity index (χ4n) is 4.17. The lowest BCUT2D eigenvalue weighted by molar-refractivity contribution is -0.130. The Balaban J connectivity index is 1.41. The number of hydrogen-bond donors (Lipinski definition) is 0. The molecule has 0 atom stereocenters. The van der Waals surface area contributed by atoms with Crippen molar-refractivity contribution in [3.8, 4) is 6.07 Å². The van der Waals surface area contributed by atoms with E-state index >= 15 is 0 Å². The number of carbonyl (C=O) groups excluding carboxylic acids is 1. The summed E-state index contributed by atoms with van der Waals surface area (Å²) in [5.74, 6) is 0.366. The van der Waals surface area contributed by atoms with Gasteiger partial charge in [-0.1, -0.05) is 17.7 Å². The average molecular weight is 587 g/mol. The zero-order valence-corrected chi connectivity index (χ0v) is 22.5. The van der Waals surface area contributed by atoms with Gasteiger partial charge in [0, 0.05) is 36.1 Å². The molecule has 0 saturated carbocycles. The van der Waals surface area contributed by atoms with Gasteiger partial charge < -0.3 is 9.80 Å². The van der Waals surface area contributed by atoms with Crippen molar-refractivity contribution >= 4 is 60.6 Å². The van der Waals surface area contributed by atoms with Gasteiger partial charge in [-0.05, 0) is 23.8 Å². The van der Waals surface area contributed by atoms with Gasteiger partial charge in [-0.15, -0.1) is 11.3 Å². The van der Waals surface area contributed by atoms with Crippen molar-refractivity contribution in [1.29, 1.82) is 5.26 Å². The van der Waals surface area contributed by atoms with Crippen molar-refractivity contribution in [2.45, 2.75) is 19.0 Å². The molecule has 15 heteroatoms. The van der Waals surface area contributed by atoms with E-state index in [1.807, 2.05) is 4.90 Å². The highest BCUT2D eigenvalue weighted by atomic mass is 35.5. The molecule has 4 rings (SSSR count). The van der Waals surface area contributed by atoms with Crippen molar-refractivity contribution in [3.05, 3.63) is 46.1 Å². The Kier molecular flexibility index (Phi) is 8.01. The molecule has 0 aliphatic carbocycles. The van der Waals surface area contributed by atoms with Crippen LogP contribution in [0.4, 0.5) is 24.7 Å². The van der Waals surface area contributed by atoms with Gasteiger partial charge >= 0.3 is 6.18 Å². The van der Waals surface area contributed by atoms with Gasteiger partial charge in [0.15, 0.2) is 0 Å². The maximum Gasteiger partial charge on any atom is 0.393 e. The minimum atomic E-state index is -4.31.